The maximum Gasteiger partial charge on any atom is 0.349 e. The molecule has 5 heteroatoms. The molecular weight excluding hydrogens is 216 g/mol. The van der Waals surface area contributed by atoms with E-state index in [0.717, 1.165) is 4.88 Å². The van der Waals surface area contributed by atoms with Gasteiger partial charge < -0.3 is 14.9 Å². The van der Waals surface area contributed by atoms with E-state index in [0.29, 0.717) is 12.4 Å². The van der Waals surface area contributed by atoms with E-state index >= 15 is 0 Å². The molecule has 1 rings (SSSR count). The van der Waals surface area contributed by atoms with Crippen LogP contribution in [0.2, 0.25) is 0 Å². The Bertz CT molecular complexity index is 345. The van der Waals surface area contributed by atoms with Crippen LogP contribution in [0.5, 0.6) is 5.75 Å². The third-order valence-corrected chi connectivity index (χ3v) is 2.87. The summed E-state index contributed by atoms with van der Waals surface area (Å²) in [6.45, 7) is 4.03. The third kappa shape index (κ3) is 3.21. The number of aliphatic hydroxyl groups excluding tert-OH is 1. The Balaban J connectivity index is 2.71. The van der Waals surface area contributed by atoms with Crippen molar-refractivity contribution in [1.29, 1.82) is 0 Å². The molecule has 2 N–H and O–H groups in total. The standard InChI is InChI=1S/C10H14O4S/c1-6(4-11)5-14-8-3-7(2)15-9(8)10(12)13/h3,6,11H,4-5H2,1-2H3,(H,12,13). The van der Waals surface area contributed by atoms with E-state index in [1.807, 2.05) is 13.8 Å². The molecule has 4 nitrogen and oxygen atoms in total. The summed E-state index contributed by atoms with van der Waals surface area (Å²) < 4.78 is 5.34. The number of aryl methyl sites for hydroxylation is 1. The molecule has 0 saturated carbocycles. The quantitative estimate of drug-likeness (QED) is 0.809. The summed E-state index contributed by atoms with van der Waals surface area (Å²) in [6.07, 6.45) is 0. The molecule has 0 aliphatic rings. The van der Waals surface area contributed by atoms with Gasteiger partial charge in [-0.2, -0.15) is 0 Å². The highest BCUT2D eigenvalue weighted by Crippen LogP contribution is 2.29. The lowest BCUT2D eigenvalue weighted by Crippen LogP contribution is -2.12. The van der Waals surface area contributed by atoms with Crippen molar-refractivity contribution in [3.05, 3.63) is 15.8 Å². The number of carboxylic acid groups (broad SMARTS) is 1. The van der Waals surface area contributed by atoms with Gasteiger partial charge in [0.05, 0.1) is 6.61 Å². The summed E-state index contributed by atoms with van der Waals surface area (Å²) in [5, 5.41) is 17.7. The molecule has 0 bridgehead atoms. The minimum atomic E-state index is -0.972. The Kier molecular flexibility index (Phi) is 4.11. The van der Waals surface area contributed by atoms with Crippen LogP contribution in [0, 0.1) is 12.8 Å². The van der Waals surface area contributed by atoms with Gasteiger partial charge in [-0.15, -0.1) is 11.3 Å². The van der Waals surface area contributed by atoms with Crippen LogP contribution in [-0.2, 0) is 0 Å². The van der Waals surface area contributed by atoms with Crippen molar-refractivity contribution in [2.45, 2.75) is 13.8 Å². The van der Waals surface area contributed by atoms with Crippen LogP contribution in [0.4, 0.5) is 0 Å². The smallest absolute Gasteiger partial charge is 0.349 e. The zero-order valence-corrected chi connectivity index (χ0v) is 9.50. The van der Waals surface area contributed by atoms with Crippen molar-refractivity contribution in [2.24, 2.45) is 5.92 Å². The van der Waals surface area contributed by atoms with Gasteiger partial charge in [0.25, 0.3) is 0 Å². The Morgan fingerprint density at radius 2 is 2.33 bits per heavy atom. The summed E-state index contributed by atoms with van der Waals surface area (Å²) in [4.78, 5) is 12.0. The molecule has 1 aromatic rings. The second-order valence-corrected chi connectivity index (χ2v) is 4.71. The van der Waals surface area contributed by atoms with Crippen molar-refractivity contribution >= 4 is 17.3 Å². The molecule has 0 fully saturated rings. The topological polar surface area (TPSA) is 66.8 Å². The first-order valence-electron chi connectivity index (χ1n) is 4.62. The second-order valence-electron chi connectivity index (χ2n) is 3.45. The van der Waals surface area contributed by atoms with Crippen LogP contribution in [-0.4, -0.2) is 29.4 Å². The summed E-state index contributed by atoms with van der Waals surface area (Å²) in [5.74, 6) is -0.572. The molecule has 0 amide bonds. The molecule has 1 unspecified atom stereocenters. The van der Waals surface area contributed by atoms with Crippen LogP contribution in [0.3, 0.4) is 0 Å². The molecule has 15 heavy (non-hydrogen) atoms. The molecule has 0 saturated heterocycles. The summed E-state index contributed by atoms with van der Waals surface area (Å²) in [7, 11) is 0. The van der Waals surface area contributed by atoms with E-state index in [-0.39, 0.29) is 17.4 Å². The number of rotatable bonds is 5. The Morgan fingerprint density at radius 3 is 2.87 bits per heavy atom. The van der Waals surface area contributed by atoms with Crippen molar-refractivity contribution < 1.29 is 19.7 Å². The SMILES string of the molecule is Cc1cc(OCC(C)CO)c(C(=O)O)s1. The highest BCUT2D eigenvalue weighted by atomic mass is 32.1. The molecule has 0 aliphatic carbocycles. The first-order valence-corrected chi connectivity index (χ1v) is 5.43. The van der Waals surface area contributed by atoms with Crippen molar-refractivity contribution in [1.82, 2.24) is 0 Å². The van der Waals surface area contributed by atoms with E-state index in [2.05, 4.69) is 0 Å². The van der Waals surface area contributed by atoms with Gasteiger partial charge in [-0.3, -0.25) is 0 Å². The number of aromatic carboxylic acids is 1. The van der Waals surface area contributed by atoms with Gasteiger partial charge in [0, 0.05) is 17.4 Å². The number of thiophene rings is 1. The Hall–Kier alpha value is -1.07. The lowest BCUT2D eigenvalue weighted by Gasteiger charge is -2.09. The van der Waals surface area contributed by atoms with Crippen LogP contribution in [0.25, 0.3) is 0 Å². The van der Waals surface area contributed by atoms with E-state index in [1.54, 1.807) is 6.07 Å². The zero-order valence-electron chi connectivity index (χ0n) is 8.69. The highest BCUT2D eigenvalue weighted by molar-refractivity contribution is 7.14. The van der Waals surface area contributed by atoms with Crippen LogP contribution >= 0.6 is 11.3 Å². The summed E-state index contributed by atoms with van der Waals surface area (Å²) in [5.41, 5.74) is 0. The number of ether oxygens (including phenoxy) is 1. The number of hydrogen-bond acceptors (Lipinski definition) is 4. The minimum absolute atomic E-state index is 0.00634. The molecule has 0 aromatic carbocycles. The summed E-state index contributed by atoms with van der Waals surface area (Å²) >= 11 is 1.19. The van der Waals surface area contributed by atoms with Gasteiger partial charge >= 0.3 is 5.97 Å². The lowest BCUT2D eigenvalue weighted by molar-refractivity contribution is 0.0696. The molecule has 0 aliphatic heterocycles. The van der Waals surface area contributed by atoms with Gasteiger partial charge in [0.2, 0.25) is 0 Å². The number of aliphatic hydroxyl groups is 1. The average Bonchev–Trinajstić information content (AvgIpc) is 2.56. The van der Waals surface area contributed by atoms with E-state index in [4.69, 9.17) is 14.9 Å². The average molecular weight is 230 g/mol. The van der Waals surface area contributed by atoms with Gasteiger partial charge in [-0.05, 0) is 13.0 Å². The van der Waals surface area contributed by atoms with E-state index < -0.39 is 5.97 Å². The van der Waals surface area contributed by atoms with Gasteiger partial charge in [-0.25, -0.2) is 4.79 Å². The van der Waals surface area contributed by atoms with Crippen molar-refractivity contribution in [2.75, 3.05) is 13.2 Å². The first-order chi connectivity index (χ1) is 7.04. The van der Waals surface area contributed by atoms with Gasteiger partial charge in [0.1, 0.15) is 5.75 Å². The first kappa shape index (κ1) is 12.0. The zero-order chi connectivity index (χ0) is 11.4. The third-order valence-electron chi connectivity index (χ3n) is 1.85. The fourth-order valence-corrected chi connectivity index (χ4v) is 1.83. The number of carbonyl (C=O) groups is 1. The molecule has 0 spiro atoms. The molecule has 0 radical (unpaired) electrons. The second kappa shape index (κ2) is 5.14. The Labute approximate surface area is 92.1 Å². The highest BCUT2D eigenvalue weighted by Gasteiger charge is 2.15. The predicted octanol–water partition coefficient (Wildman–Crippen LogP) is 1.76. The maximum absolute atomic E-state index is 10.8. The van der Waals surface area contributed by atoms with Crippen LogP contribution in [0.1, 0.15) is 21.5 Å². The van der Waals surface area contributed by atoms with Crippen molar-refractivity contribution in [3.63, 3.8) is 0 Å². The number of carboxylic acids is 1. The minimum Gasteiger partial charge on any atom is -0.491 e. The van der Waals surface area contributed by atoms with Crippen molar-refractivity contribution in [3.8, 4) is 5.75 Å². The predicted molar refractivity (Wildman–Crippen MR) is 57.8 cm³/mol. The largest absolute Gasteiger partial charge is 0.491 e. The summed E-state index contributed by atoms with van der Waals surface area (Å²) in [6, 6.07) is 1.71. The maximum atomic E-state index is 10.8. The van der Waals surface area contributed by atoms with Crippen LogP contribution in [0.15, 0.2) is 6.07 Å². The van der Waals surface area contributed by atoms with Gasteiger partial charge in [-0.1, -0.05) is 6.92 Å². The molecule has 84 valence electrons. The monoisotopic (exact) mass is 230 g/mol. The molecule has 1 atom stereocenters. The molecule has 1 aromatic heterocycles. The number of hydrogen-bond donors (Lipinski definition) is 2. The molecular formula is C10H14O4S. The fourth-order valence-electron chi connectivity index (χ4n) is 1.03. The normalized spacial score (nSPS) is 12.5. The Morgan fingerprint density at radius 1 is 1.67 bits per heavy atom. The fraction of sp³-hybridized carbons (Fsp3) is 0.500. The van der Waals surface area contributed by atoms with E-state index in [9.17, 15) is 4.79 Å². The van der Waals surface area contributed by atoms with Crippen LogP contribution < -0.4 is 4.74 Å². The van der Waals surface area contributed by atoms with E-state index in [1.165, 1.54) is 11.3 Å². The van der Waals surface area contributed by atoms with Gasteiger partial charge in [0.15, 0.2) is 4.88 Å². The lowest BCUT2D eigenvalue weighted by atomic mass is 10.2. The molecule has 1 heterocycles.